The number of nitrogens with zero attached hydrogens (tertiary/aromatic N) is 1. The number of alkyl halides is 5. The molecule has 0 saturated carbocycles. The van der Waals surface area contributed by atoms with Crippen molar-refractivity contribution in [1.29, 1.82) is 0 Å². The second-order valence-corrected chi connectivity index (χ2v) is 4.89. The standard InChI is InChI=1S/C13H7BrF5NO2/c14-7-5-10(11(15)16)12(20-6-7)21-8-1-3-9(4-2-8)22-13(17,18)19/h1-6,11H. The van der Waals surface area contributed by atoms with Crippen LogP contribution in [0.25, 0.3) is 0 Å². The van der Waals surface area contributed by atoms with Crippen molar-refractivity contribution in [2.75, 3.05) is 0 Å². The summed E-state index contributed by atoms with van der Waals surface area (Å²) in [6, 6.07) is 5.46. The monoisotopic (exact) mass is 383 g/mol. The van der Waals surface area contributed by atoms with E-state index in [2.05, 4.69) is 25.7 Å². The lowest BCUT2D eigenvalue weighted by atomic mass is 10.3. The average molecular weight is 384 g/mol. The van der Waals surface area contributed by atoms with E-state index in [1.165, 1.54) is 6.20 Å². The second-order valence-electron chi connectivity index (χ2n) is 3.97. The highest BCUT2D eigenvalue weighted by Crippen LogP contribution is 2.33. The van der Waals surface area contributed by atoms with Crippen molar-refractivity contribution in [3.63, 3.8) is 0 Å². The molecule has 0 amide bonds. The molecule has 2 aromatic rings. The molecular weight excluding hydrogens is 377 g/mol. The fourth-order valence-electron chi connectivity index (χ4n) is 1.50. The summed E-state index contributed by atoms with van der Waals surface area (Å²) in [4.78, 5) is 3.72. The lowest BCUT2D eigenvalue weighted by molar-refractivity contribution is -0.274. The highest BCUT2D eigenvalue weighted by molar-refractivity contribution is 9.10. The predicted octanol–water partition coefficient (Wildman–Crippen LogP) is 5.47. The van der Waals surface area contributed by atoms with Gasteiger partial charge in [-0.1, -0.05) is 0 Å². The van der Waals surface area contributed by atoms with Gasteiger partial charge in [-0.2, -0.15) is 0 Å². The molecule has 1 heterocycles. The van der Waals surface area contributed by atoms with Crippen LogP contribution in [0.5, 0.6) is 17.4 Å². The Kier molecular flexibility index (Phi) is 4.84. The molecule has 0 spiro atoms. The number of halogens is 6. The number of benzene rings is 1. The van der Waals surface area contributed by atoms with Gasteiger partial charge < -0.3 is 9.47 Å². The van der Waals surface area contributed by atoms with Crippen molar-refractivity contribution in [2.24, 2.45) is 0 Å². The first-order valence-corrected chi connectivity index (χ1v) is 6.51. The van der Waals surface area contributed by atoms with Gasteiger partial charge in [0.15, 0.2) is 0 Å². The molecule has 0 bridgehead atoms. The highest BCUT2D eigenvalue weighted by atomic mass is 79.9. The normalized spacial score (nSPS) is 11.6. The van der Waals surface area contributed by atoms with Gasteiger partial charge in [-0.15, -0.1) is 13.2 Å². The first-order valence-electron chi connectivity index (χ1n) is 5.72. The Morgan fingerprint density at radius 1 is 1.05 bits per heavy atom. The molecule has 1 aromatic heterocycles. The van der Waals surface area contributed by atoms with Gasteiger partial charge >= 0.3 is 6.36 Å². The third-order valence-corrected chi connectivity index (χ3v) is 2.79. The zero-order valence-corrected chi connectivity index (χ0v) is 12.2. The van der Waals surface area contributed by atoms with E-state index in [4.69, 9.17) is 4.74 Å². The summed E-state index contributed by atoms with van der Waals surface area (Å²) in [5.74, 6) is -0.730. The van der Waals surface area contributed by atoms with Crippen molar-refractivity contribution in [1.82, 2.24) is 4.98 Å². The Balaban J connectivity index is 2.18. The zero-order chi connectivity index (χ0) is 16.3. The molecular formula is C13H7BrF5NO2. The van der Waals surface area contributed by atoms with Gasteiger partial charge in [-0.3, -0.25) is 0 Å². The van der Waals surface area contributed by atoms with Gasteiger partial charge in [0.1, 0.15) is 11.5 Å². The third-order valence-electron chi connectivity index (χ3n) is 2.35. The highest BCUT2D eigenvalue weighted by Gasteiger charge is 2.31. The topological polar surface area (TPSA) is 31.4 Å². The van der Waals surface area contributed by atoms with Crippen molar-refractivity contribution < 1.29 is 31.4 Å². The molecule has 0 atom stereocenters. The summed E-state index contributed by atoms with van der Waals surface area (Å²) in [5, 5.41) is 0. The van der Waals surface area contributed by atoms with Crippen LogP contribution in [-0.2, 0) is 0 Å². The first-order chi connectivity index (χ1) is 10.2. The van der Waals surface area contributed by atoms with Crippen molar-refractivity contribution >= 4 is 15.9 Å². The Hall–Kier alpha value is -1.90. The lowest BCUT2D eigenvalue weighted by Crippen LogP contribution is -2.16. The molecule has 3 nitrogen and oxygen atoms in total. The summed E-state index contributed by atoms with van der Waals surface area (Å²) >= 11 is 3.01. The van der Waals surface area contributed by atoms with Gasteiger partial charge in [0.2, 0.25) is 5.88 Å². The minimum atomic E-state index is -4.81. The van der Waals surface area contributed by atoms with E-state index in [0.29, 0.717) is 4.47 Å². The Morgan fingerprint density at radius 2 is 1.64 bits per heavy atom. The fraction of sp³-hybridized carbons (Fsp3) is 0.154. The van der Waals surface area contributed by atoms with Crippen LogP contribution >= 0.6 is 15.9 Å². The molecule has 2 rings (SSSR count). The summed E-state index contributed by atoms with van der Waals surface area (Å²) in [5.41, 5.74) is -0.440. The van der Waals surface area contributed by atoms with Crippen LogP contribution in [0.15, 0.2) is 41.0 Å². The number of pyridine rings is 1. The van der Waals surface area contributed by atoms with Gasteiger partial charge in [0.25, 0.3) is 6.43 Å². The minimum absolute atomic E-state index is 0.0475. The van der Waals surface area contributed by atoms with E-state index < -0.39 is 24.1 Å². The number of ether oxygens (including phenoxy) is 2. The summed E-state index contributed by atoms with van der Waals surface area (Å²) in [6.45, 7) is 0. The van der Waals surface area contributed by atoms with Gasteiger partial charge in [0, 0.05) is 10.7 Å². The molecule has 0 aliphatic heterocycles. The van der Waals surface area contributed by atoms with Crippen molar-refractivity contribution in [3.05, 3.63) is 46.6 Å². The van der Waals surface area contributed by atoms with Gasteiger partial charge in [-0.05, 0) is 46.3 Å². The number of rotatable bonds is 4. The van der Waals surface area contributed by atoms with Crippen molar-refractivity contribution in [3.8, 4) is 17.4 Å². The molecule has 1 aromatic carbocycles. The average Bonchev–Trinajstić information content (AvgIpc) is 2.41. The zero-order valence-electron chi connectivity index (χ0n) is 10.6. The van der Waals surface area contributed by atoms with Crippen LogP contribution in [0.2, 0.25) is 0 Å². The molecule has 0 fully saturated rings. The molecule has 0 unspecified atom stereocenters. The molecule has 0 N–H and O–H groups in total. The molecule has 22 heavy (non-hydrogen) atoms. The predicted molar refractivity (Wildman–Crippen MR) is 70.1 cm³/mol. The molecule has 118 valence electrons. The smallest absolute Gasteiger partial charge is 0.439 e. The Labute approximate surface area is 129 Å². The van der Waals surface area contributed by atoms with Crippen LogP contribution in [0.1, 0.15) is 12.0 Å². The van der Waals surface area contributed by atoms with Crippen LogP contribution < -0.4 is 9.47 Å². The number of hydrogen-bond acceptors (Lipinski definition) is 3. The van der Waals surface area contributed by atoms with Crippen LogP contribution in [0, 0.1) is 0 Å². The van der Waals surface area contributed by atoms with E-state index in [1.54, 1.807) is 0 Å². The van der Waals surface area contributed by atoms with Crippen LogP contribution in [0.4, 0.5) is 22.0 Å². The fourth-order valence-corrected chi connectivity index (χ4v) is 1.85. The molecule has 0 aliphatic rings. The Morgan fingerprint density at radius 3 is 2.18 bits per heavy atom. The first kappa shape index (κ1) is 16.5. The van der Waals surface area contributed by atoms with E-state index in [1.807, 2.05) is 0 Å². The Bertz CT molecular complexity index is 646. The van der Waals surface area contributed by atoms with Crippen LogP contribution in [-0.4, -0.2) is 11.3 Å². The summed E-state index contributed by atoms with van der Waals surface area (Å²) in [7, 11) is 0. The molecule has 9 heteroatoms. The number of aromatic nitrogens is 1. The third kappa shape index (κ3) is 4.55. The summed E-state index contributed by atoms with van der Waals surface area (Å²) < 4.78 is 71.0. The van der Waals surface area contributed by atoms with E-state index >= 15 is 0 Å². The number of hydrogen-bond donors (Lipinski definition) is 0. The van der Waals surface area contributed by atoms with E-state index in [-0.39, 0.29) is 11.6 Å². The van der Waals surface area contributed by atoms with Crippen molar-refractivity contribution in [2.45, 2.75) is 12.8 Å². The lowest BCUT2D eigenvalue weighted by Gasteiger charge is -2.11. The minimum Gasteiger partial charge on any atom is -0.439 e. The second kappa shape index (κ2) is 6.47. The maximum atomic E-state index is 12.9. The van der Waals surface area contributed by atoms with Gasteiger partial charge in [-0.25, -0.2) is 13.8 Å². The largest absolute Gasteiger partial charge is 0.573 e. The van der Waals surface area contributed by atoms with Gasteiger partial charge in [0.05, 0.1) is 5.56 Å². The van der Waals surface area contributed by atoms with E-state index in [0.717, 1.165) is 30.3 Å². The molecule has 0 saturated heterocycles. The summed E-state index contributed by atoms with van der Waals surface area (Å²) in [6.07, 6.45) is -6.35. The van der Waals surface area contributed by atoms with Crippen LogP contribution in [0.3, 0.4) is 0 Å². The quantitative estimate of drug-likeness (QED) is 0.655. The molecule has 0 radical (unpaired) electrons. The van der Waals surface area contributed by atoms with E-state index in [9.17, 15) is 22.0 Å². The maximum Gasteiger partial charge on any atom is 0.573 e. The maximum absolute atomic E-state index is 12.9. The SMILES string of the molecule is FC(F)c1cc(Br)cnc1Oc1ccc(OC(F)(F)F)cc1. The molecule has 0 aliphatic carbocycles.